The second kappa shape index (κ2) is 13.4. The molecule has 6 heteroatoms. The summed E-state index contributed by atoms with van der Waals surface area (Å²) in [4.78, 5) is 24.7. The van der Waals surface area contributed by atoms with Gasteiger partial charge < -0.3 is 19.5 Å². The van der Waals surface area contributed by atoms with Crippen molar-refractivity contribution < 1.29 is 23.8 Å². The van der Waals surface area contributed by atoms with Gasteiger partial charge in [0.25, 0.3) is 0 Å². The number of nitrogens with one attached hydrogen (secondary N) is 1. The van der Waals surface area contributed by atoms with E-state index in [0.29, 0.717) is 25.2 Å². The predicted octanol–water partition coefficient (Wildman–Crippen LogP) is 5.99. The molecule has 184 valence electrons. The maximum absolute atomic E-state index is 12.4. The van der Waals surface area contributed by atoms with Crippen LogP contribution in [0.15, 0.2) is 66.2 Å². The summed E-state index contributed by atoms with van der Waals surface area (Å²) in [5.41, 5.74) is 1.90. The number of unbranched alkanes of at least 4 members (excludes halogenated alkanes) is 1. The Bertz CT molecular complexity index is 930. The molecule has 0 fully saturated rings. The summed E-state index contributed by atoms with van der Waals surface area (Å²) in [7, 11) is 0. The first-order valence-electron chi connectivity index (χ1n) is 11.8. The van der Waals surface area contributed by atoms with Crippen LogP contribution >= 0.6 is 0 Å². The fourth-order valence-corrected chi connectivity index (χ4v) is 3.12. The smallest absolute Gasteiger partial charge is 0.408 e. The van der Waals surface area contributed by atoms with E-state index in [1.165, 1.54) is 0 Å². The van der Waals surface area contributed by atoms with Crippen molar-refractivity contribution in [2.45, 2.75) is 72.1 Å². The highest BCUT2D eigenvalue weighted by Gasteiger charge is 2.20. The molecule has 2 rings (SSSR count). The maximum atomic E-state index is 12.4. The van der Waals surface area contributed by atoms with E-state index < -0.39 is 17.7 Å². The van der Waals surface area contributed by atoms with E-state index in [1.54, 1.807) is 13.0 Å². The van der Waals surface area contributed by atoms with Gasteiger partial charge in [0.2, 0.25) is 0 Å². The molecule has 0 saturated heterocycles. The summed E-state index contributed by atoms with van der Waals surface area (Å²) in [6.07, 6.45) is 3.43. The third-order valence-electron chi connectivity index (χ3n) is 4.83. The van der Waals surface area contributed by atoms with Gasteiger partial charge in [0.05, 0.1) is 12.6 Å². The molecule has 0 aliphatic carbocycles. The third kappa shape index (κ3) is 10.6. The Morgan fingerprint density at radius 1 is 1.00 bits per heavy atom. The zero-order chi connectivity index (χ0) is 25.0. The molecule has 0 saturated carbocycles. The molecule has 0 unspecified atom stereocenters. The minimum Gasteiger partial charge on any atom is -0.489 e. The second-order valence-corrected chi connectivity index (χ2v) is 9.21. The van der Waals surface area contributed by atoms with E-state index in [0.717, 1.165) is 29.7 Å². The number of benzene rings is 2. The lowest BCUT2D eigenvalue weighted by Crippen LogP contribution is -2.39. The lowest BCUT2D eigenvalue weighted by Gasteiger charge is -2.23. The largest absolute Gasteiger partial charge is 0.489 e. The number of carbonyl (C=O) groups excluding carboxylic acids is 2. The minimum absolute atomic E-state index is 0.380. The molecule has 0 spiro atoms. The molecular formula is C28H37NO5. The van der Waals surface area contributed by atoms with Crippen LogP contribution in [-0.4, -0.2) is 30.3 Å². The molecular weight excluding hydrogens is 430 g/mol. The lowest BCUT2D eigenvalue weighted by atomic mass is 10.0. The molecule has 1 amide bonds. The number of ether oxygens (including phenoxy) is 3. The van der Waals surface area contributed by atoms with Gasteiger partial charge in [-0.05, 0) is 63.8 Å². The van der Waals surface area contributed by atoms with Crippen LogP contribution in [-0.2, 0) is 27.3 Å². The average Bonchev–Trinajstić information content (AvgIpc) is 2.78. The van der Waals surface area contributed by atoms with Gasteiger partial charge in [0.15, 0.2) is 0 Å². The van der Waals surface area contributed by atoms with Crippen molar-refractivity contribution >= 4 is 12.1 Å². The molecule has 0 heterocycles. The Morgan fingerprint density at radius 3 is 2.29 bits per heavy atom. The van der Waals surface area contributed by atoms with Crippen LogP contribution in [0, 0.1) is 0 Å². The normalized spacial score (nSPS) is 12.6. The minimum atomic E-state index is -0.621. The molecule has 0 aliphatic rings. The summed E-state index contributed by atoms with van der Waals surface area (Å²) in [6, 6.07) is 17.2. The number of carbonyl (C=O) groups is 2. The van der Waals surface area contributed by atoms with Crippen molar-refractivity contribution in [2.75, 3.05) is 6.61 Å². The monoisotopic (exact) mass is 467 g/mol. The molecule has 0 aliphatic heterocycles. The highest BCUT2D eigenvalue weighted by Crippen LogP contribution is 2.17. The molecule has 0 radical (unpaired) electrons. The Hall–Kier alpha value is -3.28. The van der Waals surface area contributed by atoms with Crippen molar-refractivity contribution in [1.82, 2.24) is 5.32 Å². The maximum Gasteiger partial charge on any atom is 0.408 e. The van der Waals surface area contributed by atoms with Crippen LogP contribution in [0.1, 0.15) is 58.6 Å². The van der Waals surface area contributed by atoms with E-state index in [9.17, 15) is 9.59 Å². The fraction of sp³-hybridized carbons (Fsp3) is 0.429. The summed E-state index contributed by atoms with van der Waals surface area (Å²) in [5, 5.41) is 2.86. The molecule has 1 N–H and O–H groups in total. The summed E-state index contributed by atoms with van der Waals surface area (Å²) < 4.78 is 16.5. The summed E-state index contributed by atoms with van der Waals surface area (Å²) in [6.45, 7) is 10.0. The summed E-state index contributed by atoms with van der Waals surface area (Å²) >= 11 is 0. The van der Waals surface area contributed by atoms with Gasteiger partial charge >= 0.3 is 12.1 Å². The van der Waals surface area contributed by atoms with Gasteiger partial charge in [0.1, 0.15) is 18.0 Å². The number of amides is 1. The number of hydrogen-bond donors (Lipinski definition) is 1. The molecule has 2 aromatic carbocycles. The quantitative estimate of drug-likeness (QED) is 0.250. The van der Waals surface area contributed by atoms with E-state index in [2.05, 4.69) is 5.32 Å². The van der Waals surface area contributed by atoms with Gasteiger partial charge in [-0.15, -0.1) is 0 Å². The third-order valence-corrected chi connectivity index (χ3v) is 4.83. The SMILES string of the molecule is CCCCOC(=O)/C(C)=C\[C@H](Cc1ccc(OCc2ccccc2)cc1)NC(=O)OC(C)(C)C. The number of esters is 1. The van der Waals surface area contributed by atoms with E-state index >= 15 is 0 Å². The number of hydrogen-bond acceptors (Lipinski definition) is 5. The Labute approximate surface area is 203 Å². The van der Waals surface area contributed by atoms with Crippen LogP contribution in [0.25, 0.3) is 0 Å². The second-order valence-electron chi connectivity index (χ2n) is 9.21. The predicted molar refractivity (Wildman–Crippen MR) is 134 cm³/mol. The molecule has 2 aromatic rings. The van der Waals surface area contributed by atoms with Gasteiger partial charge in [-0.1, -0.05) is 61.9 Å². The number of rotatable bonds is 11. The standard InChI is InChI=1S/C28H37NO5/c1-6-7-17-32-26(30)21(2)18-24(29-27(31)34-28(3,4)5)19-22-13-15-25(16-14-22)33-20-23-11-9-8-10-12-23/h8-16,18,24H,6-7,17,19-20H2,1-5H3,(H,29,31)/b21-18-/t24-/m1/s1. The van der Waals surface area contributed by atoms with Crippen LogP contribution in [0.2, 0.25) is 0 Å². The molecule has 0 aromatic heterocycles. The number of alkyl carbamates (subject to hydrolysis) is 1. The Morgan fingerprint density at radius 2 is 1.68 bits per heavy atom. The Kier molecular flexibility index (Phi) is 10.7. The molecule has 6 nitrogen and oxygen atoms in total. The molecule has 0 bridgehead atoms. The van der Waals surface area contributed by atoms with Gasteiger partial charge in [0, 0.05) is 5.57 Å². The lowest BCUT2D eigenvalue weighted by molar-refractivity contribution is -0.139. The zero-order valence-electron chi connectivity index (χ0n) is 20.9. The highest BCUT2D eigenvalue weighted by molar-refractivity contribution is 5.88. The van der Waals surface area contributed by atoms with Crippen molar-refractivity contribution in [1.29, 1.82) is 0 Å². The highest BCUT2D eigenvalue weighted by atomic mass is 16.6. The van der Waals surface area contributed by atoms with Crippen molar-refractivity contribution in [3.63, 3.8) is 0 Å². The fourth-order valence-electron chi connectivity index (χ4n) is 3.12. The van der Waals surface area contributed by atoms with Gasteiger partial charge in [-0.25, -0.2) is 9.59 Å². The van der Waals surface area contributed by atoms with Crippen LogP contribution < -0.4 is 10.1 Å². The van der Waals surface area contributed by atoms with Crippen molar-refractivity contribution in [3.05, 3.63) is 77.4 Å². The van der Waals surface area contributed by atoms with E-state index in [-0.39, 0.29) is 5.97 Å². The molecule has 34 heavy (non-hydrogen) atoms. The topological polar surface area (TPSA) is 73.9 Å². The van der Waals surface area contributed by atoms with Crippen molar-refractivity contribution in [2.24, 2.45) is 0 Å². The molecule has 1 atom stereocenters. The van der Waals surface area contributed by atoms with E-state index in [4.69, 9.17) is 14.2 Å². The first-order valence-corrected chi connectivity index (χ1v) is 11.8. The first kappa shape index (κ1) is 27.0. The van der Waals surface area contributed by atoms with Crippen molar-refractivity contribution in [3.8, 4) is 5.75 Å². The van der Waals surface area contributed by atoms with E-state index in [1.807, 2.05) is 82.3 Å². The van der Waals surface area contributed by atoms with Crippen LogP contribution in [0.4, 0.5) is 4.79 Å². The van der Waals surface area contributed by atoms with Gasteiger partial charge in [-0.2, -0.15) is 0 Å². The average molecular weight is 468 g/mol. The van der Waals surface area contributed by atoms with Crippen LogP contribution in [0.3, 0.4) is 0 Å². The first-order chi connectivity index (χ1) is 16.2. The Balaban J connectivity index is 2.06. The summed E-state index contributed by atoms with van der Waals surface area (Å²) in [5.74, 6) is 0.379. The zero-order valence-corrected chi connectivity index (χ0v) is 20.9. The van der Waals surface area contributed by atoms with Crippen LogP contribution in [0.5, 0.6) is 5.75 Å². The van der Waals surface area contributed by atoms with Gasteiger partial charge in [-0.3, -0.25) is 0 Å².